The van der Waals surface area contributed by atoms with Crippen LogP contribution in [0.4, 0.5) is 5.69 Å². The van der Waals surface area contributed by atoms with Gasteiger partial charge in [0.15, 0.2) is 0 Å². The van der Waals surface area contributed by atoms with Crippen LogP contribution >= 0.6 is 0 Å². The van der Waals surface area contributed by atoms with Crippen molar-refractivity contribution >= 4 is 22.4 Å². The summed E-state index contributed by atoms with van der Waals surface area (Å²) < 4.78 is 6.30. The van der Waals surface area contributed by atoms with Gasteiger partial charge in [0.25, 0.3) is 0 Å². The summed E-state index contributed by atoms with van der Waals surface area (Å²) in [5.41, 5.74) is 0.897. The molecule has 2 aliphatic rings. The number of amides is 1. The fourth-order valence-corrected chi connectivity index (χ4v) is 4.40. The smallest absolute Gasteiger partial charge is 0.238 e. The van der Waals surface area contributed by atoms with Crippen LogP contribution in [0.25, 0.3) is 10.8 Å². The number of fused-ring (bicyclic) bond motifs is 1. The molecule has 0 spiro atoms. The van der Waals surface area contributed by atoms with Gasteiger partial charge in [-0.3, -0.25) is 9.69 Å². The molecule has 1 heterocycles. The topological polar surface area (TPSA) is 41.6 Å². The lowest BCUT2D eigenvalue weighted by molar-refractivity contribution is -0.118. The Morgan fingerprint density at radius 1 is 0.926 bits per heavy atom. The van der Waals surface area contributed by atoms with Crippen LogP contribution in [-0.4, -0.2) is 42.6 Å². The lowest BCUT2D eigenvalue weighted by atomic mass is 9.97. The zero-order valence-corrected chi connectivity index (χ0v) is 16.0. The number of carbonyl (C=O) groups excluding carboxylic acids is 1. The van der Waals surface area contributed by atoms with Crippen molar-refractivity contribution in [3.63, 3.8) is 0 Å². The Bertz CT molecular complexity index is 757. The first-order valence-corrected chi connectivity index (χ1v) is 10.4. The molecule has 1 saturated carbocycles. The van der Waals surface area contributed by atoms with E-state index in [9.17, 15) is 4.79 Å². The van der Waals surface area contributed by atoms with Gasteiger partial charge in [0, 0.05) is 24.2 Å². The lowest BCUT2D eigenvalue weighted by Gasteiger charge is -2.34. The second kappa shape index (κ2) is 8.85. The average Bonchev–Trinajstić information content (AvgIpc) is 2.71. The second-order valence-corrected chi connectivity index (χ2v) is 7.95. The van der Waals surface area contributed by atoms with Gasteiger partial charge in [-0.15, -0.1) is 0 Å². The predicted octanol–water partition coefficient (Wildman–Crippen LogP) is 4.59. The Labute approximate surface area is 161 Å². The predicted molar refractivity (Wildman–Crippen MR) is 110 cm³/mol. The minimum absolute atomic E-state index is 0.0676. The molecule has 4 rings (SSSR count). The van der Waals surface area contributed by atoms with Crippen LogP contribution in [0, 0.1) is 0 Å². The number of hydrogen-bond acceptors (Lipinski definition) is 3. The molecule has 4 heteroatoms. The molecule has 0 unspecified atom stereocenters. The van der Waals surface area contributed by atoms with E-state index in [1.54, 1.807) is 0 Å². The molecule has 2 fully saturated rings. The van der Waals surface area contributed by atoms with Gasteiger partial charge in [-0.25, -0.2) is 0 Å². The van der Waals surface area contributed by atoms with Crippen molar-refractivity contribution in [1.82, 2.24) is 4.90 Å². The molecule has 1 saturated heterocycles. The lowest BCUT2D eigenvalue weighted by Crippen LogP contribution is -2.42. The van der Waals surface area contributed by atoms with E-state index in [0.717, 1.165) is 42.4 Å². The molecular formula is C23H30N2O2. The number of ether oxygens (including phenoxy) is 1. The Hall–Kier alpha value is -1.91. The van der Waals surface area contributed by atoms with Gasteiger partial charge in [0.2, 0.25) is 5.91 Å². The Morgan fingerprint density at radius 3 is 2.44 bits per heavy atom. The maximum atomic E-state index is 12.5. The van der Waals surface area contributed by atoms with Gasteiger partial charge in [0.05, 0.1) is 18.8 Å². The number of carbonyl (C=O) groups is 1. The van der Waals surface area contributed by atoms with Gasteiger partial charge in [-0.1, -0.05) is 55.7 Å². The van der Waals surface area contributed by atoms with Crippen molar-refractivity contribution in [2.75, 3.05) is 25.0 Å². The van der Waals surface area contributed by atoms with Crippen LogP contribution in [0.15, 0.2) is 42.5 Å². The number of hydrogen-bond donors (Lipinski definition) is 1. The Kier molecular flexibility index (Phi) is 6.05. The van der Waals surface area contributed by atoms with E-state index in [4.69, 9.17) is 4.74 Å². The quantitative estimate of drug-likeness (QED) is 0.841. The fourth-order valence-electron chi connectivity index (χ4n) is 4.40. The van der Waals surface area contributed by atoms with Crippen molar-refractivity contribution in [2.24, 2.45) is 0 Å². The van der Waals surface area contributed by atoms with Gasteiger partial charge < -0.3 is 10.1 Å². The first-order valence-electron chi connectivity index (χ1n) is 10.4. The molecule has 0 radical (unpaired) electrons. The molecule has 1 N–H and O–H groups in total. The molecular weight excluding hydrogens is 336 g/mol. The first-order chi connectivity index (χ1) is 13.3. The van der Waals surface area contributed by atoms with E-state index in [-0.39, 0.29) is 5.91 Å². The van der Waals surface area contributed by atoms with E-state index in [0.29, 0.717) is 18.8 Å². The molecule has 0 aromatic heterocycles. The van der Waals surface area contributed by atoms with Crippen LogP contribution in [-0.2, 0) is 9.53 Å². The summed E-state index contributed by atoms with van der Waals surface area (Å²) in [6.07, 6.45) is 9.40. The molecule has 1 amide bonds. The molecule has 2 aromatic rings. The van der Waals surface area contributed by atoms with Crippen LogP contribution < -0.4 is 5.32 Å². The highest BCUT2D eigenvalue weighted by Crippen LogP contribution is 2.25. The third-order valence-electron chi connectivity index (χ3n) is 5.90. The zero-order valence-electron chi connectivity index (χ0n) is 16.0. The second-order valence-electron chi connectivity index (χ2n) is 7.95. The number of nitrogens with zero attached hydrogens (tertiary/aromatic N) is 1. The highest BCUT2D eigenvalue weighted by atomic mass is 16.5. The Morgan fingerprint density at radius 2 is 1.63 bits per heavy atom. The number of rotatable bonds is 5. The van der Waals surface area contributed by atoms with Crippen molar-refractivity contribution in [3.8, 4) is 0 Å². The average molecular weight is 367 g/mol. The number of anilines is 1. The van der Waals surface area contributed by atoms with Crippen LogP contribution in [0.2, 0.25) is 0 Å². The minimum Gasteiger partial charge on any atom is -0.375 e. The Balaban J connectivity index is 1.25. The highest BCUT2D eigenvalue weighted by molar-refractivity contribution is 6.02. The standard InChI is InChI=1S/C23H30N2O2/c26-23(24-22-12-6-8-18-7-4-5-11-21(18)22)17-25-15-13-20(14-16-25)27-19-9-2-1-3-10-19/h4-8,11-12,19-20H,1-3,9-10,13-17H2,(H,24,26). The van der Waals surface area contributed by atoms with Crippen LogP contribution in [0.5, 0.6) is 0 Å². The molecule has 0 atom stereocenters. The van der Waals surface area contributed by atoms with Crippen LogP contribution in [0.1, 0.15) is 44.9 Å². The summed E-state index contributed by atoms with van der Waals surface area (Å²) in [6.45, 7) is 2.35. The zero-order chi connectivity index (χ0) is 18.5. The number of benzene rings is 2. The van der Waals surface area contributed by atoms with Gasteiger partial charge in [0.1, 0.15) is 0 Å². The van der Waals surface area contributed by atoms with E-state index in [2.05, 4.69) is 28.4 Å². The number of nitrogens with one attached hydrogen (secondary N) is 1. The van der Waals surface area contributed by atoms with Crippen molar-refractivity contribution in [3.05, 3.63) is 42.5 Å². The summed E-state index contributed by atoms with van der Waals surface area (Å²) in [7, 11) is 0. The van der Waals surface area contributed by atoms with Gasteiger partial charge in [-0.05, 0) is 37.1 Å². The maximum Gasteiger partial charge on any atom is 0.238 e. The maximum absolute atomic E-state index is 12.5. The fraction of sp³-hybridized carbons (Fsp3) is 0.522. The molecule has 144 valence electrons. The molecule has 1 aliphatic heterocycles. The SMILES string of the molecule is O=C(CN1CCC(OC2CCCCC2)CC1)Nc1cccc2ccccc12. The van der Waals surface area contributed by atoms with Crippen molar-refractivity contribution < 1.29 is 9.53 Å². The molecule has 4 nitrogen and oxygen atoms in total. The van der Waals surface area contributed by atoms with E-state index < -0.39 is 0 Å². The minimum atomic E-state index is 0.0676. The van der Waals surface area contributed by atoms with Crippen molar-refractivity contribution in [1.29, 1.82) is 0 Å². The van der Waals surface area contributed by atoms with E-state index in [1.807, 2.05) is 24.3 Å². The number of likely N-dealkylation sites (tertiary alicyclic amines) is 1. The first kappa shape index (κ1) is 18.5. The van der Waals surface area contributed by atoms with Gasteiger partial charge >= 0.3 is 0 Å². The monoisotopic (exact) mass is 366 g/mol. The summed E-state index contributed by atoms with van der Waals surface area (Å²) in [5, 5.41) is 5.34. The molecule has 0 bridgehead atoms. The summed E-state index contributed by atoms with van der Waals surface area (Å²) in [6, 6.07) is 14.2. The molecule has 1 aliphatic carbocycles. The van der Waals surface area contributed by atoms with Crippen LogP contribution in [0.3, 0.4) is 0 Å². The molecule has 27 heavy (non-hydrogen) atoms. The largest absolute Gasteiger partial charge is 0.375 e. The van der Waals surface area contributed by atoms with Gasteiger partial charge in [-0.2, -0.15) is 0 Å². The summed E-state index contributed by atoms with van der Waals surface area (Å²) in [4.78, 5) is 14.8. The molecule has 2 aromatic carbocycles. The summed E-state index contributed by atoms with van der Waals surface area (Å²) >= 11 is 0. The summed E-state index contributed by atoms with van der Waals surface area (Å²) in [5.74, 6) is 0.0676. The third kappa shape index (κ3) is 4.88. The van der Waals surface area contributed by atoms with E-state index in [1.165, 1.54) is 32.1 Å². The number of piperidine rings is 1. The third-order valence-corrected chi connectivity index (χ3v) is 5.90. The van der Waals surface area contributed by atoms with Crippen molar-refractivity contribution in [2.45, 2.75) is 57.2 Å². The van der Waals surface area contributed by atoms with E-state index >= 15 is 0 Å². The normalized spacial score (nSPS) is 20.0. The highest BCUT2D eigenvalue weighted by Gasteiger charge is 2.24.